The van der Waals surface area contributed by atoms with E-state index in [9.17, 15) is 0 Å². The third-order valence-corrected chi connectivity index (χ3v) is 4.75. The molecule has 1 fully saturated rings. The molecule has 0 saturated carbocycles. The first kappa shape index (κ1) is 10.4. The Morgan fingerprint density at radius 3 is 3.06 bits per heavy atom. The van der Waals surface area contributed by atoms with Gasteiger partial charge in [-0.15, -0.1) is 22.7 Å². The number of nitrogens with one attached hydrogen (secondary N) is 1. The molecule has 2 nitrogen and oxygen atoms in total. The Labute approximate surface area is 103 Å². The quantitative estimate of drug-likeness (QED) is 0.879. The molecular formula is C12H14N2S2. The summed E-state index contributed by atoms with van der Waals surface area (Å²) in [7, 11) is 0. The second-order valence-electron chi connectivity index (χ2n) is 4.05. The minimum Gasteiger partial charge on any atom is -0.308 e. The molecule has 0 bridgehead atoms. The summed E-state index contributed by atoms with van der Waals surface area (Å²) in [6.45, 7) is 1.14. The van der Waals surface area contributed by atoms with E-state index < -0.39 is 0 Å². The fraction of sp³-hybridized carbons (Fsp3) is 0.417. The molecule has 1 aliphatic heterocycles. The Hall–Kier alpha value is -0.710. The summed E-state index contributed by atoms with van der Waals surface area (Å²) < 4.78 is 0. The summed E-state index contributed by atoms with van der Waals surface area (Å²) in [5, 5.41) is 9.08. The van der Waals surface area contributed by atoms with Gasteiger partial charge in [0.2, 0.25) is 0 Å². The van der Waals surface area contributed by atoms with Crippen molar-refractivity contribution in [2.75, 3.05) is 6.54 Å². The Morgan fingerprint density at radius 1 is 1.31 bits per heavy atom. The smallest absolute Gasteiger partial charge is 0.110 e. The highest BCUT2D eigenvalue weighted by Crippen LogP contribution is 2.31. The molecule has 3 rings (SSSR count). The summed E-state index contributed by atoms with van der Waals surface area (Å²) >= 11 is 3.55. The van der Waals surface area contributed by atoms with Gasteiger partial charge in [0.15, 0.2) is 0 Å². The van der Waals surface area contributed by atoms with E-state index in [0.717, 1.165) is 12.2 Å². The zero-order valence-corrected chi connectivity index (χ0v) is 10.6. The third-order valence-electron chi connectivity index (χ3n) is 2.90. The Morgan fingerprint density at radius 2 is 2.31 bits per heavy atom. The second-order valence-corrected chi connectivity index (χ2v) is 5.89. The summed E-state index contributed by atoms with van der Waals surface area (Å²) in [4.78, 5) is 6.02. The van der Waals surface area contributed by atoms with E-state index in [4.69, 9.17) is 4.98 Å². The Kier molecular flexibility index (Phi) is 3.04. The number of hydrogen-bond acceptors (Lipinski definition) is 4. The molecule has 1 aliphatic rings. The number of thiophene rings is 1. The van der Waals surface area contributed by atoms with Crippen molar-refractivity contribution < 1.29 is 0 Å². The molecule has 0 spiro atoms. The van der Waals surface area contributed by atoms with Crippen molar-refractivity contribution in [3.8, 4) is 10.6 Å². The van der Waals surface area contributed by atoms with Gasteiger partial charge >= 0.3 is 0 Å². The van der Waals surface area contributed by atoms with E-state index in [1.54, 1.807) is 22.7 Å². The third kappa shape index (κ3) is 2.05. The second kappa shape index (κ2) is 4.65. The highest BCUT2D eigenvalue weighted by atomic mass is 32.1. The molecular weight excluding hydrogens is 236 g/mol. The lowest BCUT2D eigenvalue weighted by Crippen LogP contribution is -2.26. The van der Waals surface area contributed by atoms with Gasteiger partial charge in [-0.05, 0) is 30.8 Å². The van der Waals surface area contributed by atoms with Crippen LogP contribution in [-0.2, 0) is 0 Å². The topological polar surface area (TPSA) is 24.9 Å². The SMILES string of the molecule is c1csc(-c2csc(C3CCCCN3)n2)c1. The van der Waals surface area contributed by atoms with Gasteiger partial charge in [0.1, 0.15) is 5.01 Å². The van der Waals surface area contributed by atoms with Crippen LogP contribution in [0.25, 0.3) is 10.6 Å². The van der Waals surface area contributed by atoms with E-state index in [0.29, 0.717) is 6.04 Å². The van der Waals surface area contributed by atoms with E-state index in [1.807, 2.05) is 0 Å². The number of thiazole rings is 1. The van der Waals surface area contributed by atoms with Gasteiger partial charge in [-0.2, -0.15) is 0 Å². The molecule has 4 heteroatoms. The number of aromatic nitrogens is 1. The monoisotopic (exact) mass is 250 g/mol. The molecule has 1 N–H and O–H groups in total. The number of rotatable bonds is 2. The molecule has 2 aromatic rings. The van der Waals surface area contributed by atoms with Crippen LogP contribution in [-0.4, -0.2) is 11.5 Å². The van der Waals surface area contributed by atoms with Gasteiger partial charge in [0, 0.05) is 5.38 Å². The van der Waals surface area contributed by atoms with Crippen LogP contribution in [0.3, 0.4) is 0 Å². The van der Waals surface area contributed by atoms with Gasteiger partial charge < -0.3 is 5.32 Å². The van der Waals surface area contributed by atoms with Crippen molar-refractivity contribution in [1.82, 2.24) is 10.3 Å². The van der Waals surface area contributed by atoms with Crippen molar-refractivity contribution in [2.45, 2.75) is 25.3 Å². The van der Waals surface area contributed by atoms with E-state index >= 15 is 0 Å². The lowest BCUT2D eigenvalue weighted by molar-refractivity contribution is 0.411. The fourth-order valence-electron chi connectivity index (χ4n) is 2.05. The van der Waals surface area contributed by atoms with Gasteiger partial charge in [-0.25, -0.2) is 4.98 Å². The zero-order chi connectivity index (χ0) is 10.8. The van der Waals surface area contributed by atoms with Crippen LogP contribution in [0.15, 0.2) is 22.9 Å². The van der Waals surface area contributed by atoms with Crippen LogP contribution >= 0.6 is 22.7 Å². The summed E-state index contributed by atoms with van der Waals surface area (Å²) in [5.74, 6) is 0. The summed E-state index contributed by atoms with van der Waals surface area (Å²) in [5.41, 5.74) is 1.14. The lowest BCUT2D eigenvalue weighted by atomic mass is 10.1. The van der Waals surface area contributed by atoms with Crippen LogP contribution < -0.4 is 5.32 Å². The van der Waals surface area contributed by atoms with Crippen LogP contribution in [0.2, 0.25) is 0 Å². The number of piperidine rings is 1. The van der Waals surface area contributed by atoms with Crippen molar-refractivity contribution in [2.24, 2.45) is 0 Å². The molecule has 0 radical (unpaired) electrons. The van der Waals surface area contributed by atoms with E-state index in [2.05, 4.69) is 28.2 Å². The normalized spacial score (nSPS) is 21.1. The van der Waals surface area contributed by atoms with Crippen molar-refractivity contribution in [1.29, 1.82) is 0 Å². The van der Waals surface area contributed by atoms with E-state index in [1.165, 1.54) is 29.1 Å². The maximum atomic E-state index is 4.74. The highest BCUT2D eigenvalue weighted by Gasteiger charge is 2.18. The van der Waals surface area contributed by atoms with Gasteiger partial charge in [0.25, 0.3) is 0 Å². The van der Waals surface area contributed by atoms with Crippen LogP contribution in [0.1, 0.15) is 30.3 Å². The minimum atomic E-state index is 0.493. The maximum Gasteiger partial charge on any atom is 0.110 e. The molecule has 2 aromatic heterocycles. The Bertz CT molecular complexity index is 441. The predicted molar refractivity (Wildman–Crippen MR) is 70.0 cm³/mol. The average molecular weight is 250 g/mol. The molecule has 0 amide bonds. The first-order chi connectivity index (χ1) is 7.93. The minimum absolute atomic E-state index is 0.493. The Balaban J connectivity index is 1.82. The standard InChI is InChI=1S/C12H14N2S2/c1-2-6-13-9(4-1)12-14-10(8-16-12)11-5-3-7-15-11/h3,5,7-9,13H,1-2,4,6H2. The maximum absolute atomic E-state index is 4.74. The largest absolute Gasteiger partial charge is 0.308 e. The van der Waals surface area contributed by atoms with Gasteiger partial charge in [-0.1, -0.05) is 12.5 Å². The van der Waals surface area contributed by atoms with Crippen molar-refractivity contribution in [3.05, 3.63) is 27.9 Å². The molecule has 0 aliphatic carbocycles. The predicted octanol–water partition coefficient (Wildman–Crippen LogP) is 3.69. The van der Waals surface area contributed by atoms with Crippen LogP contribution in [0.4, 0.5) is 0 Å². The molecule has 0 aromatic carbocycles. The fourth-order valence-corrected chi connectivity index (χ4v) is 3.74. The first-order valence-corrected chi connectivity index (χ1v) is 7.42. The zero-order valence-electron chi connectivity index (χ0n) is 8.98. The molecule has 1 atom stereocenters. The van der Waals surface area contributed by atoms with Crippen LogP contribution in [0, 0.1) is 0 Å². The van der Waals surface area contributed by atoms with Crippen molar-refractivity contribution in [3.63, 3.8) is 0 Å². The van der Waals surface area contributed by atoms with Crippen molar-refractivity contribution >= 4 is 22.7 Å². The average Bonchev–Trinajstić information content (AvgIpc) is 3.01. The summed E-state index contributed by atoms with van der Waals surface area (Å²) in [6, 6.07) is 4.71. The van der Waals surface area contributed by atoms with E-state index in [-0.39, 0.29) is 0 Å². The molecule has 1 unspecified atom stereocenters. The van der Waals surface area contributed by atoms with Gasteiger partial charge in [-0.3, -0.25) is 0 Å². The van der Waals surface area contributed by atoms with Crippen LogP contribution in [0.5, 0.6) is 0 Å². The molecule has 16 heavy (non-hydrogen) atoms. The first-order valence-electron chi connectivity index (χ1n) is 5.66. The number of hydrogen-bond donors (Lipinski definition) is 1. The van der Waals surface area contributed by atoms with Gasteiger partial charge in [0.05, 0.1) is 16.6 Å². The summed E-state index contributed by atoms with van der Waals surface area (Å²) in [6.07, 6.45) is 3.86. The molecule has 1 saturated heterocycles. The lowest BCUT2D eigenvalue weighted by Gasteiger charge is -2.21. The number of nitrogens with zero attached hydrogens (tertiary/aromatic N) is 1. The molecule has 3 heterocycles. The molecule has 84 valence electrons. The highest BCUT2D eigenvalue weighted by molar-refractivity contribution is 7.14.